The lowest BCUT2D eigenvalue weighted by atomic mass is 9.74. The van der Waals surface area contributed by atoms with Crippen LogP contribution in [0.15, 0.2) is 30.3 Å². The third-order valence-electron chi connectivity index (χ3n) is 4.31. The van der Waals surface area contributed by atoms with E-state index in [0.29, 0.717) is 12.3 Å². The Morgan fingerprint density at radius 2 is 1.83 bits per heavy atom. The van der Waals surface area contributed by atoms with E-state index >= 15 is 0 Å². The van der Waals surface area contributed by atoms with E-state index in [0.717, 1.165) is 32.4 Å². The van der Waals surface area contributed by atoms with E-state index in [9.17, 15) is 4.79 Å². The van der Waals surface area contributed by atoms with Crippen molar-refractivity contribution in [3.8, 4) is 0 Å². The Balaban J connectivity index is 1.82. The van der Waals surface area contributed by atoms with Crippen molar-refractivity contribution < 1.29 is 4.79 Å². The van der Waals surface area contributed by atoms with Crippen molar-refractivity contribution in [3.05, 3.63) is 35.9 Å². The van der Waals surface area contributed by atoms with E-state index in [4.69, 9.17) is 0 Å². The van der Waals surface area contributed by atoms with Crippen LogP contribution in [0.25, 0.3) is 0 Å². The minimum atomic E-state index is 0.0427. The molecule has 0 aliphatic carbocycles. The second-order valence-electron chi connectivity index (χ2n) is 5.59. The molecule has 1 unspecified atom stereocenters. The Bertz CT molecular complexity index is 423. The highest BCUT2D eigenvalue weighted by atomic mass is 16.1. The number of carbonyl (C=O) groups is 1. The van der Waals surface area contributed by atoms with Gasteiger partial charge in [0.05, 0.1) is 0 Å². The van der Waals surface area contributed by atoms with Gasteiger partial charge in [0.2, 0.25) is 5.91 Å². The quantitative estimate of drug-likeness (QED) is 0.791. The Kier molecular flexibility index (Phi) is 3.08. The van der Waals surface area contributed by atoms with Gasteiger partial charge in [0.1, 0.15) is 0 Å². The average molecular weight is 244 g/mol. The fourth-order valence-electron chi connectivity index (χ4n) is 3.36. The number of rotatable bonds is 1. The predicted octanol–water partition coefficient (Wildman–Crippen LogP) is 1.80. The lowest BCUT2D eigenvalue weighted by Crippen LogP contribution is -2.58. The van der Waals surface area contributed by atoms with Crippen LogP contribution in [0.5, 0.6) is 0 Å². The standard InChI is InChI=1S/C15H20N2O/c18-14-10-13(12-4-2-1-3-5-12)11-15(17-14)6-8-16-9-7-15/h1-5,13,16H,6-11H2,(H,17,18). The van der Waals surface area contributed by atoms with Crippen molar-refractivity contribution in [2.75, 3.05) is 13.1 Å². The Labute approximate surface area is 108 Å². The summed E-state index contributed by atoms with van der Waals surface area (Å²) in [6.45, 7) is 2.03. The van der Waals surface area contributed by atoms with Crippen LogP contribution in [0.3, 0.4) is 0 Å². The first-order valence-electron chi connectivity index (χ1n) is 6.84. The maximum absolute atomic E-state index is 12.0. The van der Waals surface area contributed by atoms with Gasteiger partial charge < -0.3 is 10.6 Å². The van der Waals surface area contributed by atoms with Crippen LogP contribution in [0.2, 0.25) is 0 Å². The molecule has 1 spiro atoms. The molecule has 2 saturated heterocycles. The smallest absolute Gasteiger partial charge is 0.221 e. The first kappa shape index (κ1) is 11.7. The van der Waals surface area contributed by atoms with Gasteiger partial charge in [0.25, 0.3) is 0 Å². The first-order chi connectivity index (χ1) is 8.77. The van der Waals surface area contributed by atoms with Crippen LogP contribution < -0.4 is 10.6 Å². The molecule has 2 aliphatic rings. The van der Waals surface area contributed by atoms with E-state index < -0.39 is 0 Å². The summed E-state index contributed by atoms with van der Waals surface area (Å²) < 4.78 is 0. The summed E-state index contributed by atoms with van der Waals surface area (Å²) >= 11 is 0. The van der Waals surface area contributed by atoms with Gasteiger partial charge in [-0.25, -0.2) is 0 Å². The zero-order chi connectivity index (χ0) is 12.4. The number of nitrogens with one attached hydrogen (secondary N) is 2. The van der Waals surface area contributed by atoms with Crippen molar-refractivity contribution in [2.45, 2.75) is 37.1 Å². The number of piperidine rings is 2. The molecule has 2 heterocycles. The van der Waals surface area contributed by atoms with Crippen molar-refractivity contribution in [1.82, 2.24) is 10.6 Å². The molecule has 1 atom stereocenters. The van der Waals surface area contributed by atoms with E-state index in [1.807, 2.05) is 6.07 Å². The molecule has 2 fully saturated rings. The van der Waals surface area contributed by atoms with E-state index in [1.165, 1.54) is 5.56 Å². The Hall–Kier alpha value is -1.35. The van der Waals surface area contributed by atoms with Crippen molar-refractivity contribution >= 4 is 5.91 Å². The van der Waals surface area contributed by atoms with Gasteiger partial charge in [-0.1, -0.05) is 30.3 Å². The normalized spacial score (nSPS) is 26.9. The molecule has 2 N–H and O–H groups in total. The fourth-order valence-corrected chi connectivity index (χ4v) is 3.36. The highest BCUT2D eigenvalue weighted by Gasteiger charge is 2.40. The summed E-state index contributed by atoms with van der Waals surface area (Å²) in [5, 5.41) is 6.63. The summed E-state index contributed by atoms with van der Waals surface area (Å²) in [4.78, 5) is 12.0. The topological polar surface area (TPSA) is 41.1 Å². The minimum Gasteiger partial charge on any atom is -0.351 e. The SMILES string of the molecule is O=C1CC(c2ccccc2)CC2(CCNCC2)N1. The molecule has 1 aromatic carbocycles. The van der Waals surface area contributed by atoms with Gasteiger partial charge >= 0.3 is 0 Å². The highest BCUT2D eigenvalue weighted by molar-refractivity contribution is 5.79. The summed E-state index contributed by atoms with van der Waals surface area (Å²) in [6.07, 6.45) is 3.84. The molecule has 0 saturated carbocycles. The van der Waals surface area contributed by atoms with Gasteiger partial charge in [0.15, 0.2) is 0 Å². The van der Waals surface area contributed by atoms with Gasteiger partial charge in [-0.2, -0.15) is 0 Å². The fraction of sp³-hybridized carbons (Fsp3) is 0.533. The van der Waals surface area contributed by atoms with Gasteiger partial charge in [-0.3, -0.25) is 4.79 Å². The van der Waals surface area contributed by atoms with E-state index in [2.05, 4.69) is 34.9 Å². The molecular formula is C15H20N2O. The summed E-state index contributed by atoms with van der Waals surface area (Å²) in [5.41, 5.74) is 1.35. The molecule has 3 heteroatoms. The Morgan fingerprint density at radius 1 is 1.11 bits per heavy atom. The monoisotopic (exact) mass is 244 g/mol. The maximum atomic E-state index is 12.0. The van der Waals surface area contributed by atoms with Gasteiger partial charge in [-0.05, 0) is 43.8 Å². The van der Waals surface area contributed by atoms with E-state index in [-0.39, 0.29) is 11.4 Å². The van der Waals surface area contributed by atoms with Crippen LogP contribution in [-0.2, 0) is 4.79 Å². The first-order valence-corrected chi connectivity index (χ1v) is 6.84. The third kappa shape index (κ3) is 2.27. The molecule has 3 nitrogen and oxygen atoms in total. The maximum Gasteiger partial charge on any atom is 0.221 e. The predicted molar refractivity (Wildman–Crippen MR) is 71.4 cm³/mol. The lowest BCUT2D eigenvalue weighted by Gasteiger charge is -2.44. The molecule has 0 aromatic heterocycles. The van der Waals surface area contributed by atoms with Gasteiger partial charge in [-0.15, -0.1) is 0 Å². The second kappa shape index (κ2) is 4.73. The summed E-state index contributed by atoms with van der Waals surface area (Å²) in [5.74, 6) is 0.607. The van der Waals surface area contributed by atoms with Crippen LogP contribution in [-0.4, -0.2) is 24.5 Å². The average Bonchev–Trinajstić information content (AvgIpc) is 2.40. The number of amides is 1. The second-order valence-corrected chi connectivity index (χ2v) is 5.59. The number of hydrogen-bond acceptors (Lipinski definition) is 2. The molecule has 0 bridgehead atoms. The lowest BCUT2D eigenvalue weighted by molar-refractivity contribution is -0.126. The van der Waals surface area contributed by atoms with Crippen molar-refractivity contribution in [1.29, 1.82) is 0 Å². The van der Waals surface area contributed by atoms with Crippen molar-refractivity contribution in [2.24, 2.45) is 0 Å². The van der Waals surface area contributed by atoms with Crippen LogP contribution in [0, 0.1) is 0 Å². The molecular weight excluding hydrogens is 224 g/mol. The van der Waals surface area contributed by atoms with Gasteiger partial charge in [0, 0.05) is 12.0 Å². The zero-order valence-corrected chi connectivity index (χ0v) is 10.6. The number of benzene rings is 1. The van der Waals surface area contributed by atoms with Crippen molar-refractivity contribution in [3.63, 3.8) is 0 Å². The summed E-state index contributed by atoms with van der Waals surface area (Å²) in [6, 6.07) is 10.5. The largest absolute Gasteiger partial charge is 0.351 e. The number of carbonyl (C=O) groups excluding carboxylic acids is 1. The zero-order valence-electron chi connectivity index (χ0n) is 10.6. The molecule has 1 aromatic rings. The number of hydrogen-bond donors (Lipinski definition) is 2. The molecule has 1 amide bonds. The van der Waals surface area contributed by atoms with Crippen LogP contribution in [0.1, 0.15) is 37.2 Å². The molecule has 2 aliphatic heterocycles. The van der Waals surface area contributed by atoms with Crippen LogP contribution >= 0.6 is 0 Å². The molecule has 96 valence electrons. The molecule has 18 heavy (non-hydrogen) atoms. The summed E-state index contributed by atoms with van der Waals surface area (Å²) in [7, 11) is 0. The third-order valence-corrected chi connectivity index (χ3v) is 4.31. The Morgan fingerprint density at radius 3 is 2.56 bits per heavy atom. The highest BCUT2D eigenvalue weighted by Crippen LogP contribution is 2.37. The van der Waals surface area contributed by atoms with E-state index in [1.54, 1.807) is 0 Å². The minimum absolute atomic E-state index is 0.0427. The molecule has 3 rings (SSSR count). The molecule has 0 radical (unpaired) electrons. The van der Waals surface area contributed by atoms with Crippen LogP contribution in [0.4, 0.5) is 0 Å².